The minimum Gasteiger partial charge on any atom is -0.483 e. The monoisotopic (exact) mass is 519 g/mol. The fourth-order valence-electron chi connectivity index (χ4n) is 3.37. The first-order valence-corrected chi connectivity index (χ1v) is 12.3. The fraction of sp³-hybridized carbons (Fsp3) is 0.214. The van der Waals surface area contributed by atoms with Crippen molar-refractivity contribution >= 4 is 35.1 Å². The summed E-state index contributed by atoms with van der Waals surface area (Å²) in [6.45, 7) is 0.0305. The number of ether oxygens (including phenoxy) is 2. The maximum absolute atomic E-state index is 12.2. The highest BCUT2D eigenvalue weighted by Crippen LogP contribution is 2.29. The van der Waals surface area contributed by atoms with Gasteiger partial charge in [-0.05, 0) is 42.3 Å². The smallest absolute Gasteiger partial charge is 0.306 e. The van der Waals surface area contributed by atoms with Gasteiger partial charge in [-0.25, -0.2) is 0 Å². The van der Waals surface area contributed by atoms with Gasteiger partial charge in [-0.1, -0.05) is 78.9 Å². The first-order valence-electron chi connectivity index (χ1n) is 11.9. The van der Waals surface area contributed by atoms with E-state index in [1.807, 2.05) is 78.9 Å². The average molecular weight is 520 g/mol. The summed E-state index contributed by atoms with van der Waals surface area (Å²) in [5.41, 5.74) is 7.82. The molecule has 3 rings (SSSR count). The van der Waals surface area contributed by atoms with Gasteiger partial charge in [0.2, 0.25) is 5.91 Å². The predicted octanol–water partition coefficient (Wildman–Crippen LogP) is 3.71. The van der Waals surface area contributed by atoms with E-state index in [9.17, 15) is 14.4 Å². The van der Waals surface area contributed by atoms with Crippen LogP contribution in [0.25, 0.3) is 11.1 Å². The third-order valence-corrected chi connectivity index (χ3v) is 5.37. The van der Waals surface area contributed by atoms with E-state index in [-0.39, 0.29) is 24.6 Å². The van der Waals surface area contributed by atoms with E-state index in [1.165, 1.54) is 5.56 Å². The summed E-state index contributed by atoms with van der Waals surface area (Å²) in [6, 6.07) is 27.0. The van der Waals surface area contributed by atoms with Crippen molar-refractivity contribution in [3.8, 4) is 16.9 Å². The van der Waals surface area contributed by atoms with Gasteiger partial charge in [0.05, 0.1) is 13.0 Å². The molecule has 37 heavy (non-hydrogen) atoms. The summed E-state index contributed by atoms with van der Waals surface area (Å²) in [7, 11) is 0. The van der Waals surface area contributed by atoms with Crippen LogP contribution in [0.3, 0.4) is 0 Å². The SMILES string of the molecule is O=C(COc1ccccc1-c1ccccc1)NNC(=S)NC(=O)CCC(=O)OCCCc1ccccc1. The Kier molecular flexibility index (Phi) is 11.1. The standard InChI is InChI=1S/C28H29N3O5S/c32-25(17-18-27(34)35-19-9-12-21-10-3-1-4-11-21)29-28(37)31-30-26(33)20-36-24-16-8-7-15-23(24)22-13-5-2-6-14-22/h1-8,10-11,13-16H,9,12,17-20H2,(H,30,33)(H2,29,31,32,37). The molecule has 0 saturated carbocycles. The van der Waals surface area contributed by atoms with Crippen LogP contribution >= 0.6 is 12.2 Å². The van der Waals surface area contributed by atoms with Gasteiger partial charge in [-0.2, -0.15) is 0 Å². The average Bonchev–Trinajstić information content (AvgIpc) is 2.93. The van der Waals surface area contributed by atoms with Crippen LogP contribution in [0.2, 0.25) is 0 Å². The van der Waals surface area contributed by atoms with Crippen molar-refractivity contribution < 1.29 is 23.9 Å². The van der Waals surface area contributed by atoms with Crippen LogP contribution < -0.4 is 20.9 Å². The summed E-state index contributed by atoms with van der Waals surface area (Å²) >= 11 is 5.01. The Balaban J connectivity index is 1.28. The maximum atomic E-state index is 12.2. The van der Waals surface area contributed by atoms with Crippen molar-refractivity contribution in [2.75, 3.05) is 13.2 Å². The van der Waals surface area contributed by atoms with Gasteiger partial charge >= 0.3 is 5.97 Å². The van der Waals surface area contributed by atoms with Crippen molar-refractivity contribution in [3.05, 3.63) is 90.5 Å². The molecule has 8 nitrogen and oxygen atoms in total. The number of rotatable bonds is 11. The second-order valence-electron chi connectivity index (χ2n) is 8.01. The van der Waals surface area contributed by atoms with Crippen LogP contribution in [0.4, 0.5) is 0 Å². The zero-order chi connectivity index (χ0) is 26.3. The number of amides is 2. The Morgan fingerprint density at radius 2 is 1.43 bits per heavy atom. The first-order chi connectivity index (χ1) is 18.0. The summed E-state index contributed by atoms with van der Waals surface area (Å²) in [5.74, 6) is -0.852. The molecular formula is C28H29N3O5S. The minimum atomic E-state index is -0.487. The van der Waals surface area contributed by atoms with Gasteiger partial charge in [0, 0.05) is 12.0 Å². The normalized spacial score (nSPS) is 10.2. The molecule has 3 aromatic rings. The molecule has 3 N–H and O–H groups in total. The second-order valence-corrected chi connectivity index (χ2v) is 8.42. The van der Waals surface area contributed by atoms with E-state index < -0.39 is 17.8 Å². The Morgan fingerprint density at radius 3 is 2.19 bits per heavy atom. The number of thiocarbonyl (C=S) groups is 1. The molecule has 0 unspecified atom stereocenters. The van der Waals surface area contributed by atoms with E-state index in [0.29, 0.717) is 18.8 Å². The number of nitrogens with one attached hydrogen (secondary N) is 3. The lowest BCUT2D eigenvalue weighted by Crippen LogP contribution is -2.49. The van der Waals surface area contributed by atoms with Crippen molar-refractivity contribution in [2.24, 2.45) is 0 Å². The Morgan fingerprint density at radius 1 is 0.757 bits per heavy atom. The third kappa shape index (κ3) is 10.1. The molecule has 0 spiro atoms. The third-order valence-electron chi connectivity index (χ3n) is 5.17. The molecule has 0 fully saturated rings. The van der Waals surface area contributed by atoms with Crippen LogP contribution in [0.5, 0.6) is 5.75 Å². The molecule has 9 heteroatoms. The lowest BCUT2D eigenvalue weighted by atomic mass is 10.1. The lowest BCUT2D eigenvalue weighted by molar-refractivity contribution is -0.145. The van der Waals surface area contributed by atoms with Crippen molar-refractivity contribution in [1.82, 2.24) is 16.2 Å². The van der Waals surface area contributed by atoms with Crippen LogP contribution in [0.1, 0.15) is 24.8 Å². The molecule has 2 amide bonds. The van der Waals surface area contributed by atoms with Gasteiger partial charge in [0.1, 0.15) is 5.75 Å². The summed E-state index contributed by atoms with van der Waals surface area (Å²) in [4.78, 5) is 36.0. The topological polar surface area (TPSA) is 106 Å². The molecular weight excluding hydrogens is 490 g/mol. The summed E-state index contributed by atoms with van der Waals surface area (Å²) in [5, 5.41) is 2.30. The van der Waals surface area contributed by atoms with Gasteiger partial charge in [-0.3, -0.25) is 25.2 Å². The quantitative estimate of drug-likeness (QED) is 0.154. The van der Waals surface area contributed by atoms with Gasteiger partial charge in [-0.15, -0.1) is 0 Å². The van der Waals surface area contributed by atoms with E-state index in [4.69, 9.17) is 21.7 Å². The molecule has 0 aliphatic heterocycles. The lowest BCUT2D eigenvalue weighted by Gasteiger charge is -2.13. The van der Waals surface area contributed by atoms with Crippen molar-refractivity contribution in [2.45, 2.75) is 25.7 Å². The molecule has 0 atom stereocenters. The molecule has 0 radical (unpaired) electrons. The van der Waals surface area contributed by atoms with E-state index in [0.717, 1.165) is 17.5 Å². The molecule has 0 aliphatic rings. The van der Waals surface area contributed by atoms with Crippen LogP contribution in [-0.4, -0.2) is 36.1 Å². The van der Waals surface area contributed by atoms with E-state index >= 15 is 0 Å². The molecule has 0 heterocycles. The largest absolute Gasteiger partial charge is 0.483 e. The highest BCUT2D eigenvalue weighted by atomic mass is 32.1. The zero-order valence-corrected chi connectivity index (χ0v) is 21.1. The number of carbonyl (C=O) groups is 3. The minimum absolute atomic E-state index is 0.0686. The Labute approximate surface area is 221 Å². The van der Waals surface area contributed by atoms with Crippen molar-refractivity contribution in [3.63, 3.8) is 0 Å². The van der Waals surface area contributed by atoms with Crippen LogP contribution in [0, 0.1) is 0 Å². The van der Waals surface area contributed by atoms with Gasteiger partial charge in [0.15, 0.2) is 11.7 Å². The molecule has 0 bridgehead atoms. The predicted molar refractivity (Wildman–Crippen MR) is 144 cm³/mol. The van der Waals surface area contributed by atoms with E-state index in [2.05, 4.69) is 16.2 Å². The molecule has 0 aliphatic carbocycles. The maximum Gasteiger partial charge on any atom is 0.306 e. The fourth-order valence-corrected chi connectivity index (χ4v) is 3.53. The number of hydrazine groups is 1. The number of para-hydroxylation sites is 1. The molecule has 192 valence electrons. The number of aryl methyl sites for hydroxylation is 1. The second kappa shape index (κ2) is 15.0. The molecule has 0 saturated heterocycles. The molecule has 3 aromatic carbocycles. The van der Waals surface area contributed by atoms with E-state index in [1.54, 1.807) is 6.07 Å². The number of esters is 1. The first kappa shape index (κ1) is 27.3. The summed E-state index contributed by atoms with van der Waals surface area (Å²) < 4.78 is 10.8. The van der Waals surface area contributed by atoms with Gasteiger partial charge in [0.25, 0.3) is 5.91 Å². The van der Waals surface area contributed by atoms with Crippen LogP contribution in [0.15, 0.2) is 84.9 Å². The number of hydrogen-bond acceptors (Lipinski definition) is 6. The van der Waals surface area contributed by atoms with Gasteiger partial charge < -0.3 is 14.8 Å². The Hall–Kier alpha value is -4.24. The number of hydrogen-bond donors (Lipinski definition) is 3. The zero-order valence-electron chi connectivity index (χ0n) is 20.3. The molecule has 0 aromatic heterocycles. The Bertz CT molecular complexity index is 1190. The summed E-state index contributed by atoms with van der Waals surface area (Å²) in [6.07, 6.45) is 1.36. The van der Waals surface area contributed by atoms with Crippen molar-refractivity contribution in [1.29, 1.82) is 0 Å². The highest BCUT2D eigenvalue weighted by molar-refractivity contribution is 7.80. The number of benzene rings is 3. The highest BCUT2D eigenvalue weighted by Gasteiger charge is 2.11. The van der Waals surface area contributed by atoms with Crippen LogP contribution in [-0.2, 0) is 25.5 Å². The number of carbonyl (C=O) groups excluding carboxylic acids is 3.